The van der Waals surface area contributed by atoms with Crippen LogP contribution in [-0.4, -0.2) is 58.8 Å². The van der Waals surface area contributed by atoms with E-state index in [2.05, 4.69) is 18.7 Å². The van der Waals surface area contributed by atoms with E-state index in [0.717, 1.165) is 25.1 Å². The summed E-state index contributed by atoms with van der Waals surface area (Å²) in [7, 11) is 6.11. The first-order valence-corrected chi connectivity index (χ1v) is 10.1. The van der Waals surface area contributed by atoms with E-state index in [4.69, 9.17) is 18.7 Å². The lowest BCUT2D eigenvalue weighted by molar-refractivity contribution is -0.144. The van der Waals surface area contributed by atoms with E-state index in [-0.39, 0.29) is 24.8 Å². The van der Waals surface area contributed by atoms with Gasteiger partial charge in [0.25, 0.3) is 0 Å². The van der Waals surface area contributed by atoms with Gasteiger partial charge in [0.05, 0.1) is 7.85 Å². The minimum atomic E-state index is -1.51. The Morgan fingerprint density at radius 1 is 1.39 bits per heavy atom. The van der Waals surface area contributed by atoms with E-state index in [9.17, 15) is 15.0 Å². The van der Waals surface area contributed by atoms with E-state index >= 15 is 0 Å². The van der Waals surface area contributed by atoms with Gasteiger partial charge in [-0.3, -0.25) is 9.69 Å². The maximum atomic E-state index is 11.9. The molecule has 28 heavy (non-hydrogen) atoms. The standard InChI is InChI=1S/C21H33BN2O4/c1-14(2)12-24-13-16-11-18(26)6-5-15(16)10-17(24)7-8-21(23,20(27)28)19(22)4-3-9-25/h5-6,11,14,17,19,25-26H,3-4,7-10,12-13,23H2,1-2H3,(H,27,28). The molecule has 0 amide bonds. The highest BCUT2D eigenvalue weighted by atomic mass is 16.4. The van der Waals surface area contributed by atoms with Crippen LogP contribution in [0.5, 0.6) is 5.75 Å². The minimum Gasteiger partial charge on any atom is -0.508 e. The van der Waals surface area contributed by atoms with Gasteiger partial charge in [0.1, 0.15) is 11.3 Å². The van der Waals surface area contributed by atoms with Gasteiger partial charge < -0.3 is 21.1 Å². The number of benzene rings is 1. The Hall–Kier alpha value is -1.57. The fourth-order valence-electron chi connectivity index (χ4n) is 4.08. The maximum absolute atomic E-state index is 11.9. The molecule has 2 rings (SSSR count). The van der Waals surface area contributed by atoms with Gasteiger partial charge in [-0.2, -0.15) is 0 Å². The van der Waals surface area contributed by atoms with Crippen molar-refractivity contribution in [1.29, 1.82) is 0 Å². The normalized spacial score (nSPS) is 20.5. The Morgan fingerprint density at radius 3 is 2.71 bits per heavy atom. The summed E-state index contributed by atoms with van der Waals surface area (Å²) in [6.45, 7) is 5.90. The molecule has 0 saturated heterocycles. The second kappa shape index (κ2) is 9.77. The summed E-state index contributed by atoms with van der Waals surface area (Å²) >= 11 is 0. The van der Waals surface area contributed by atoms with Crippen molar-refractivity contribution in [2.75, 3.05) is 13.2 Å². The van der Waals surface area contributed by atoms with Crippen LogP contribution in [0.4, 0.5) is 0 Å². The van der Waals surface area contributed by atoms with Crippen LogP contribution < -0.4 is 5.73 Å². The summed E-state index contributed by atoms with van der Waals surface area (Å²) in [6.07, 6.45) is 2.52. The highest BCUT2D eigenvalue weighted by molar-refractivity contribution is 6.15. The molecule has 1 aromatic carbocycles. The molecule has 6 nitrogen and oxygen atoms in total. The van der Waals surface area contributed by atoms with Crippen molar-refractivity contribution in [3.05, 3.63) is 29.3 Å². The van der Waals surface area contributed by atoms with Crippen molar-refractivity contribution in [1.82, 2.24) is 4.90 Å². The monoisotopic (exact) mass is 388 g/mol. The number of nitrogens with two attached hydrogens (primary N) is 1. The number of aliphatic hydroxyl groups excluding tert-OH is 1. The quantitative estimate of drug-likeness (QED) is 0.457. The average molecular weight is 388 g/mol. The van der Waals surface area contributed by atoms with Gasteiger partial charge in [0.15, 0.2) is 0 Å². The summed E-state index contributed by atoms with van der Waals surface area (Å²) in [5, 5.41) is 28.5. The number of aromatic hydroxyl groups is 1. The van der Waals surface area contributed by atoms with Crippen molar-refractivity contribution < 1.29 is 20.1 Å². The van der Waals surface area contributed by atoms with Gasteiger partial charge in [-0.15, -0.1) is 0 Å². The second-order valence-corrected chi connectivity index (χ2v) is 8.49. The van der Waals surface area contributed by atoms with Gasteiger partial charge in [0, 0.05) is 25.7 Å². The summed E-state index contributed by atoms with van der Waals surface area (Å²) in [5.74, 6) is -1.06. The van der Waals surface area contributed by atoms with Gasteiger partial charge >= 0.3 is 5.97 Å². The lowest BCUT2D eigenvalue weighted by atomic mass is 9.66. The van der Waals surface area contributed by atoms with Gasteiger partial charge in [-0.05, 0) is 60.7 Å². The van der Waals surface area contributed by atoms with E-state index < -0.39 is 17.3 Å². The first kappa shape index (κ1) is 22.7. The number of carbonyl (C=O) groups is 1. The van der Waals surface area contributed by atoms with Crippen LogP contribution in [0.3, 0.4) is 0 Å². The molecule has 0 spiro atoms. The van der Waals surface area contributed by atoms with Crippen LogP contribution in [0.1, 0.15) is 50.7 Å². The van der Waals surface area contributed by atoms with Crippen molar-refractivity contribution in [3.8, 4) is 5.75 Å². The van der Waals surface area contributed by atoms with E-state index in [1.807, 2.05) is 12.1 Å². The number of hydrogen-bond donors (Lipinski definition) is 4. The Labute approximate surface area is 169 Å². The van der Waals surface area contributed by atoms with Crippen LogP contribution in [0.15, 0.2) is 18.2 Å². The number of hydrogen-bond acceptors (Lipinski definition) is 5. The number of phenols is 1. The highest BCUT2D eigenvalue weighted by Gasteiger charge is 2.40. The number of phenolic OH excluding ortho intramolecular Hbond substituents is 1. The maximum Gasteiger partial charge on any atom is 0.323 e. The fourth-order valence-corrected chi connectivity index (χ4v) is 4.08. The first-order valence-electron chi connectivity index (χ1n) is 10.1. The third kappa shape index (κ3) is 5.49. The zero-order valence-corrected chi connectivity index (χ0v) is 17.0. The number of carboxylic acid groups (broad SMARTS) is 1. The number of carboxylic acids is 1. The molecule has 1 aliphatic rings. The Bertz CT molecular complexity index is 670. The zero-order valence-electron chi connectivity index (χ0n) is 17.0. The number of aliphatic carboxylic acids is 1. The molecule has 154 valence electrons. The Kier molecular flexibility index (Phi) is 7.92. The molecular formula is C21H33BN2O4. The third-order valence-corrected chi connectivity index (χ3v) is 5.76. The molecule has 3 atom stereocenters. The van der Waals surface area contributed by atoms with E-state index in [1.54, 1.807) is 6.07 Å². The molecule has 1 heterocycles. The largest absolute Gasteiger partial charge is 0.508 e. The van der Waals surface area contributed by atoms with Crippen LogP contribution in [0.25, 0.3) is 0 Å². The summed E-state index contributed by atoms with van der Waals surface area (Å²) in [4.78, 5) is 14.2. The predicted molar refractivity (Wildman–Crippen MR) is 110 cm³/mol. The molecule has 2 radical (unpaired) electrons. The topological polar surface area (TPSA) is 107 Å². The van der Waals surface area contributed by atoms with Crippen LogP contribution in [-0.2, 0) is 17.8 Å². The van der Waals surface area contributed by atoms with E-state index in [0.29, 0.717) is 25.2 Å². The Balaban J connectivity index is 2.16. The molecule has 1 aromatic rings. The molecule has 0 fully saturated rings. The number of aliphatic hydroxyl groups is 1. The molecule has 7 heteroatoms. The molecule has 0 aliphatic carbocycles. The molecule has 0 aromatic heterocycles. The SMILES string of the molecule is [B]C(CCCO)C(N)(CCC1Cc2ccc(O)cc2CN1CC(C)C)C(=O)O. The summed E-state index contributed by atoms with van der Waals surface area (Å²) in [6, 6.07) is 5.63. The fraction of sp³-hybridized carbons (Fsp3) is 0.667. The van der Waals surface area contributed by atoms with Crippen molar-refractivity contribution in [2.24, 2.45) is 11.7 Å². The molecule has 0 saturated carbocycles. The number of rotatable bonds is 10. The van der Waals surface area contributed by atoms with E-state index in [1.165, 1.54) is 5.56 Å². The summed E-state index contributed by atoms with van der Waals surface area (Å²) < 4.78 is 0. The van der Waals surface area contributed by atoms with Gasteiger partial charge in [-0.1, -0.05) is 26.3 Å². The van der Waals surface area contributed by atoms with Crippen LogP contribution >= 0.6 is 0 Å². The van der Waals surface area contributed by atoms with Crippen molar-refractivity contribution in [3.63, 3.8) is 0 Å². The lowest BCUT2D eigenvalue weighted by Gasteiger charge is -2.40. The smallest absolute Gasteiger partial charge is 0.323 e. The first-order chi connectivity index (χ1) is 13.2. The average Bonchev–Trinajstić information content (AvgIpc) is 2.63. The zero-order chi connectivity index (χ0) is 20.9. The Morgan fingerprint density at radius 2 is 2.11 bits per heavy atom. The van der Waals surface area contributed by atoms with Crippen molar-refractivity contribution >= 4 is 13.8 Å². The molecule has 3 unspecified atom stereocenters. The molecule has 0 bridgehead atoms. The molecule has 5 N–H and O–H groups in total. The number of fused-ring (bicyclic) bond motifs is 1. The van der Waals surface area contributed by atoms with Crippen LogP contribution in [0, 0.1) is 5.92 Å². The van der Waals surface area contributed by atoms with Crippen molar-refractivity contribution in [2.45, 2.75) is 69.9 Å². The minimum absolute atomic E-state index is 0.0299. The van der Waals surface area contributed by atoms with Gasteiger partial charge in [0.2, 0.25) is 0 Å². The molecule has 1 aliphatic heterocycles. The summed E-state index contributed by atoms with van der Waals surface area (Å²) in [5.41, 5.74) is 7.04. The highest BCUT2D eigenvalue weighted by Crippen LogP contribution is 2.33. The lowest BCUT2D eigenvalue weighted by Crippen LogP contribution is -2.53. The second-order valence-electron chi connectivity index (χ2n) is 8.49. The predicted octanol–water partition coefficient (Wildman–Crippen LogP) is 2.07. The third-order valence-electron chi connectivity index (χ3n) is 5.76. The van der Waals surface area contributed by atoms with Gasteiger partial charge in [-0.25, -0.2) is 0 Å². The van der Waals surface area contributed by atoms with Crippen LogP contribution in [0.2, 0.25) is 5.82 Å². The number of nitrogens with zero attached hydrogens (tertiary/aromatic N) is 1. The molecular weight excluding hydrogens is 355 g/mol.